The highest BCUT2D eigenvalue weighted by atomic mass is 15.3. The Morgan fingerprint density at radius 2 is 2.40 bits per heavy atom. The molecule has 0 saturated heterocycles. The fourth-order valence-electron chi connectivity index (χ4n) is 2.07. The number of nitrogens with zero attached hydrogens (tertiary/aromatic N) is 2. The van der Waals surface area contributed by atoms with E-state index in [-0.39, 0.29) is 0 Å². The van der Waals surface area contributed by atoms with Crippen molar-refractivity contribution in [3.05, 3.63) is 18.0 Å². The SMILES string of the molecule is CCNC(C)c1cnn(CC2CCC2)c1. The number of hydrogen-bond donors (Lipinski definition) is 1. The van der Waals surface area contributed by atoms with Gasteiger partial charge in [-0.25, -0.2) is 0 Å². The van der Waals surface area contributed by atoms with E-state index in [0.717, 1.165) is 19.0 Å². The number of rotatable bonds is 5. The maximum absolute atomic E-state index is 4.42. The molecule has 3 heteroatoms. The van der Waals surface area contributed by atoms with E-state index >= 15 is 0 Å². The van der Waals surface area contributed by atoms with Crippen LogP contribution >= 0.6 is 0 Å². The molecule has 1 saturated carbocycles. The maximum Gasteiger partial charge on any atom is 0.0537 e. The molecule has 84 valence electrons. The Labute approximate surface area is 91.9 Å². The molecular formula is C12H21N3. The third-order valence-corrected chi connectivity index (χ3v) is 3.33. The summed E-state index contributed by atoms with van der Waals surface area (Å²) in [5.41, 5.74) is 1.30. The van der Waals surface area contributed by atoms with Crippen molar-refractivity contribution in [1.82, 2.24) is 15.1 Å². The third kappa shape index (κ3) is 2.59. The molecule has 1 unspecified atom stereocenters. The lowest BCUT2D eigenvalue weighted by Gasteiger charge is -2.24. The summed E-state index contributed by atoms with van der Waals surface area (Å²) in [4.78, 5) is 0. The van der Waals surface area contributed by atoms with Gasteiger partial charge in [0.25, 0.3) is 0 Å². The summed E-state index contributed by atoms with van der Waals surface area (Å²) in [6.45, 7) is 6.44. The van der Waals surface area contributed by atoms with E-state index in [1.807, 2.05) is 6.20 Å². The van der Waals surface area contributed by atoms with Gasteiger partial charge in [-0.05, 0) is 32.2 Å². The Morgan fingerprint density at radius 1 is 1.60 bits per heavy atom. The van der Waals surface area contributed by atoms with E-state index in [0.29, 0.717) is 6.04 Å². The van der Waals surface area contributed by atoms with Crippen molar-refractivity contribution in [3.63, 3.8) is 0 Å². The van der Waals surface area contributed by atoms with Crippen molar-refractivity contribution in [2.45, 2.75) is 45.7 Å². The molecule has 1 aromatic rings. The van der Waals surface area contributed by atoms with Crippen LogP contribution in [0.15, 0.2) is 12.4 Å². The lowest BCUT2D eigenvalue weighted by atomic mass is 9.85. The highest BCUT2D eigenvalue weighted by molar-refractivity contribution is 5.09. The minimum Gasteiger partial charge on any atom is -0.310 e. The van der Waals surface area contributed by atoms with Crippen LogP contribution in [0.4, 0.5) is 0 Å². The lowest BCUT2D eigenvalue weighted by Crippen LogP contribution is -2.19. The zero-order valence-corrected chi connectivity index (χ0v) is 9.74. The van der Waals surface area contributed by atoms with Crippen molar-refractivity contribution in [2.24, 2.45) is 5.92 Å². The second-order valence-corrected chi connectivity index (χ2v) is 4.57. The Morgan fingerprint density at radius 3 is 3.00 bits per heavy atom. The molecule has 15 heavy (non-hydrogen) atoms. The molecular weight excluding hydrogens is 186 g/mol. The van der Waals surface area contributed by atoms with Crippen LogP contribution in [0, 0.1) is 5.92 Å². The summed E-state index contributed by atoms with van der Waals surface area (Å²) >= 11 is 0. The van der Waals surface area contributed by atoms with E-state index < -0.39 is 0 Å². The average Bonchev–Trinajstić information content (AvgIpc) is 2.60. The van der Waals surface area contributed by atoms with E-state index in [2.05, 4.69) is 35.1 Å². The summed E-state index contributed by atoms with van der Waals surface area (Å²) in [7, 11) is 0. The fourth-order valence-corrected chi connectivity index (χ4v) is 2.07. The maximum atomic E-state index is 4.42. The topological polar surface area (TPSA) is 29.9 Å². The molecule has 0 aliphatic heterocycles. The van der Waals surface area contributed by atoms with E-state index in [9.17, 15) is 0 Å². The second-order valence-electron chi connectivity index (χ2n) is 4.57. The Bertz CT molecular complexity index is 302. The first-order valence-corrected chi connectivity index (χ1v) is 6.05. The summed E-state index contributed by atoms with van der Waals surface area (Å²) in [6.07, 6.45) is 8.36. The van der Waals surface area contributed by atoms with E-state index in [1.165, 1.54) is 24.8 Å². The fraction of sp³-hybridized carbons (Fsp3) is 0.750. The predicted octanol–water partition coefficient (Wildman–Crippen LogP) is 2.35. The largest absolute Gasteiger partial charge is 0.310 e. The van der Waals surface area contributed by atoms with Gasteiger partial charge in [0.1, 0.15) is 0 Å². The van der Waals surface area contributed by atoms with Crippen LogP contribution in [-0.4, -0.2) is 16.3 Å². The minimum atomic E-state index is 0.421. The average molecular weight is 207 g/mol. The van der Waals surface area contributed by atoms with Gasteiger partial charge in [0.05, 0.1) is 6.20 Å². The molecule has 1 aliphatic carbocycles. The summed E-state index contributed by atoms with van der Waals surface area (Å²) in [5.74, 6) is 0.882. The van der Waals surface area contributed by atoms with Gasteiger partial charge in [-0.1, -0.05) is 13.3 Å². The van der Waals surface area contributed by atoms with E-state index in [4.69, 9.17) is 0 Å². The van der Waals surface area contributed by atoms with Gasteiger partial charge < -0.3 is 5.32 Å². The lowest BCUT2D eigenvalue weighted by molar-refractivity contribution is 0.266. The van der Waals surface area contributed by atoms with Gasteiger partial charge in [-0.3, -0.25) is 4.68 Å². The Kier molecular flexibility index (Phi) is 3.41. The highest BCUT2D eigenvalue weighted by Gasteiger charge is 2.18. The molecule has 0 amide bonds. The quantitative estimate of drug-likeness (QED) is 0.803. The smallest absolute Gasteiger partial charge is 0.0537 e. The molecule has 1 atom stereocenters. The van der Waals surface area contributed by atoms with Crippen LogP contribution in [0.1, 0.15) is 44.7 Å². The Hall–Kier alpha value is -0.830. The van der Waals surface area contributed by atoms with Crippen LogP contribution < -0.4 is 5.32 Å². The van der Waals surface area contributed by atoms with Crippen LogP contribution in [0.3, 0.4) is 0 Å². The molecule has 0 aromatic carbocycles. The normalized spacial score (nSPS) is 18.8. The summed E-state index contributed by atoms with van der Waals surface area (Å²) in [5, 5.41) is 7.82. The second kappa shape index (κ2) is 4.79. The molecule has 1 N–H and O–H groups in total. The van der Waals surface area contributed by atoms with Crippen molar-refractivity contribution in [3.8, 4) is 0 Å². The number of hydrogen-bond acceptors (Lipinski definition) is 2. The molecule has 3 nitrogen and oxygen atoms in total. The van der Waals surface area contributed by atoms with Gasteiger partial charge in [0.15, 0.2) is 0 Å². The van der Waals surface area contributed by atoms with Crippen molar-refractivity contribution in [2.75, 3.05) is 6.54 Å². The van der Waals surface area contributed by atoms with Gasteiger partial charge in [-0.15, -0.1) is 0 Å². The van der Waals surface area contributed by atoms with Crippen molar-refractivity contribution < 1.29 is 0 Å². The third-order valence-electron chi connectivity index (χ3n) is 3.33. The molecule has 0 radical (unpaired) electrons. The molecule has 0 bridgehead atoms. The molecule has 1 aromatic heterocycles. The first-order valence-electron chi connectivity index (χ1n) is 6.05. The Balaban J connectivity index is 1.90. The molecule has 0 spiro atoms. The van der Waals surface area contributed by atoms with Gasteiger partial charge in [0, 0.05) is 24.3 Å². The molecule has 1 fully saturated rings. The molecule has 2 rings (SSSR count). The summed E-state index contributed by atoms with van der Waals surface area (Å²) in [6, 6.07) is 0.421. The zero-order valence-electron chi connectivity index (χ0n) is 9.74. The number of nitrogens with one attached hydrogen (secondary N) is 1. The predicted molar refractivity (Wildman–Crippen MR) is 61.7 cm³/mol. The molecule has 1 aliphatic rings. The monoisotopic (exact) mass is 207 g/mol. The first-order chi connectivity index (χ1) is 7.29. The molecule has 1 heterocycles. The minimum absolute atomic E-state index is 0.421. The van der Waals surface area contributed by atoms with Gasteiger partial charge in [0.2, 0.25) is 0 Å². The van der Waals surface area contributed by atoms with Crippen LogP contribution in [0.2, 0.25) is 0 Å². The highest BCUT2D eigenvalue weighted by Crippen LogP contribution is 2.27. The van der Waals surface area contributed by atoms with Crippen molar-refractivity contribution >= 4 is 0 Å². The van der Waals surface area contributed by atoms with Gasteiger partial charge >= 0.3 is 0 Å². The van der Waals surface area contributed by atoms with Crippen LogP contribution in [-0.2, 0) is 6.54 Å². The van der Waals surface area contributed by atoms with E-state index in [1.54, 1.807) is 0 Å². The van der Waals surface area contributed by atoms with Crippen LogP contribution in [0.25, 0.3) is 0 Å². The van der Waals surface area contributed by atoms with Crippen molar-refractivity contribution in [1.29, 1.82) is 0 Å². The number of aromatic nitrogens is 2. The standard InChI is InChI=1S/C12H21N3/c1-3-13-10(2)12-7-14-15(9-12)8-11-5-4-6-11/h7,9-11,13H,3-6,8H2,1-2H3. The first kappa shape index (κ1) is 10.7. The van der Waals surface area contributed by atoms with Gasteiger partial charge in [-0.2, -0.15) is 5.10 Å². The van der Waals surface area contributed by atoms with Crippen LogP contribution in [0.5, 0.6) is 0 Å². The summed E-state index contributed by atoms with van der Waals surface area (Å²) < 4.78 is 2.10. The zero-order chi connectivity index (χ0) is 10.7.